The normalized spacial score (nSPS) is 8.69. The molecule has 0 amide bonds. The molecule has 0 aliphatic heterocycles. The SMILES string of the molecule is C=C(C)c1ccc(C(=O)[O-])cc1.[Na+]. The predicted molar refractivity (Wildman–Crippen MR) is 45.5 cm³/mol. The summed E-state index contributed by atoms with van der Waals surface area (Å²) in [5.41, 5.74) is 2.06. The fourth-order valence-corrected chi connectivity index (χ4v) is 0.891. The summed E-state index contributed by atoms with van der Waals surface area (Å²) in [5.74, 6) is -1.15. The molecule has 1 aromatic carbocycles. The monoisotopic (exact) mass is 184 g/mol. The van der Waals surface area contributed by atoms with Gasteiger partial charge in [0.15, 0.2) is 0 Å². The molecule has 2 nitrogen and oxygen atoms in total. The summed E-state index contributed by atoms with van der Waals surface area (Å²) >= 11 is 0. The number of carboxylic acids is 1. The number of rotatable bonds is 2. The summed E-state index contributed by atoms with van der Waals surface area (Å²) in [5, 5.41) is 10.3. The molecule has 0 aliphatic carbocycles. The van der Waals surface area contributed by atoms with Crippen LogP contribution in [0.2, 0.25) is 0 Å². The Morgan fingerprint density at radius 2 is 1.62 bits per heavy atom. The Hall–Kier alpha value is -0.570. The van der Waals surface area contributed by atoms with E-state index in [9.17, 15) is 9.90 Å². The first-order chi connectivity index (χ1) is 5.61. The van der Waals surface area contributed by atoms with Crippen LogP contribution in [0.4, 0.5) is 0 Å². The number of carbonyl (C=O) groups is 1. The zero-order valence-corrected chi connectivity index (χ0v) is 9.83. The average molecular weight is 184 g/mol. The molecule has 0 heterocycles. The fraction of sp³-hybridized carbons (Fsp3) is 0.100. The molecule has 0 fully saturated rings. The van der Waals surface area contributed by atoms with E-state index in [1.54, 1.807) is 12.1 Å². The summed E-state index contributed by atoms with van der Waals surface area (Å²) < 4.78 is 0. The van der Waals surface area contributed by atoms with Gasteiger partial charge >= 0.3 is 29.6 Å². The van der Waals surface area contributed by atoms with Crippen molar-refractivity contribution in [3.63, 3.8) is 0 Å². The van der Waals surface area contributed by atoms with Crippen molar-refractivity contribution in [3.05, 3.63) is 42.0 Å². The Morgan fingerprint density at radius 3 is 1.92 bits per heavy atom. The van der Waals surface area contributed by atoms with E-state index >= 15 is 0 Å². The van der Waals surface area contributed by atoms with Crippen LogP contribution in [0, 0.1) is 0 Å². The van der Waals surface area contributed by atoms with Crippen molar-refractivity contribution >= 4 is 11.5 Å². The minimum Gasteiger partial charge on any atom is -0.545 e. The number of carbonyl (C=O) groups excluding carboxylic acids is 1. The van der Waals surface area contributed by atoms with Crippen LogP contribution in [0.5, 0.6) is 0 Å². The van der Waals surface area contributed by atoms with Gasteiger partial charge < -0.3 is 9.90 Å². The van der Waals surface area contributed by atoms with E-state index in [1.807, 2.05) is 6.92 Å². The van der Waals surface area contributed by atoms with E-state index < -0.39 is 5.97 Å². The molecule has 0 atom stereocenters. The van der Waals surface area contributed by atoms with Crippen LogP contribution in [0.3, 0.4) is 0 Å². The quantitative estimate of drug-likeness (QED) is 0.503. The molecule has 0 aliphatic rings. The van der Waals surface area contributed by atoms with Gasteiger partial charge in [0.1, 0.15) is 0 Å². The van der Waals surface area contributed by atoms with Crippen molar-refractivity contribution in [2.75, 3.05) is 0 Å². The number of hydrogen-bond donors (Lipinski definition) is 0. The summed E-state index contributed by atoms with van der Waals surface area (Å²) in [6, 6.07) is 6.46. The Kier molecular flexibility index (Phi) is 4.99. The smallest absolute Gasteiger partial charge is 0.545 e. The van der Waals surface area contributed by atoms with E-state index in [0.29, 0.717) is 0 Å². The van der Waals surface area contributed by atoms with Gasteiger partial charge in [-0.25, -0.2) is 0 Å². The van der Waals surface area contributed by atoms with Gasteiger partial charge in [0.25, 0.3) is 0 Å². The van der Waals surface area contributed by atoms with Crippen LogP contribution in [0.1, 0.15) is 22.8 Å². The second-order valence-electron chi connectivity index (χ2n) is 2.65. The van der Waals surface area contributed by atoms with E-state index in [2.05, 4.69) is 6.58 Å². The third-order valence-electron chi connectivity index (χ3n) is 1.61. The first kappa shape index (κ1) is 12.4. The van der Waals surface area contributed by atoms with E-state index in [-0.39, 0.29) is 35.1 Å². The standard InChI is InChI=1S/C10H10O2.Na/c1-7(2)8-3-5-9(6-4-8)10(11)12;/h3-6H,1H2,2H3,(H,11,12);/q;+1/p-1. The molecule has 3 heteroatoms. The summed E-state index contributed by atoms with van der Waals surface area (Å²) in [4.78, 5) is 10.3. The van der Waals surface area contributed by atoms with Gasteiger partial charge in [-0.15, -0.1) is 0 Å². The van der Waals surface area contributed by atoms with Gasteiger partial charge in [-0.3, -0.25) is 0 Å². The second-order valence-corrected chi connectivity index (χ2v) is 2.65. The van der Waals surface area contributed by atoms with Crippen LogP contribution >= 0.6 is 0 Å². The van der Waals surface area contributed by atoms with Crippen molar-refractivity contribution in [2.24, 2.45) is 0 Å². The van der Waals surface area contributed by atoms with Gasteiger partial charge in [0, 0.05) is 0 Å². The number of aromatic carboxylic acids is 1. The summed E-state index contributed by atoms with van der Waals surface area (Å²) in [6.07, 6.45) is 0. The van der Waals surface area contributed by atoms with Crippen LogP contribution < -0.4 is 34.7 Å². The third-order valence-corrected chi connectivity index (χ3v) is 1.61. The van der Waals surface area contributed by atoms with Crippen molar-refractivity contribution in [1.29, 1.82) is 0 Å². The molecular weight excluding hydrogens is 175 g/mol. The van der Waals surface area contributed by atoms with Gasteiger partial charge in [-0.1, -0.05) is 36.4 Å². The van der Waals surface area contributed by atoms with Crippen molar-refractivity contribution in [1.82, 2.24) is 0 Å². The zero-order valence-electron chi connectivity index (χ0n) is 7.83. The second kappa shape index (κ2) is 5.22. The third kappa shape index (κ3) is 3.35. The molecule has 0 aromatic heterocycles. The van der Waals surface area contributed by atoms with Gasteiger partial charge in [0.05, 0.1) is 5.97 Å². The fourth-order valence-electron chi connectivity index (χ4n) is 0.891. The van der Waals surface area contributed by atoms with Crippen molar-refractivity contribution in [3.8, 4) is 0 Å². The molecule has 13 heavy (non-hydrogen) atoms. The number of hydrogen-bond acceptors (Lipinski definition) is 2. The molecule has 1 rings (SSSR count). The van der Waals surface area contributed by atoms with Crippen molar-refractivity contribution < 1.29 is 39.5 Å². The van der Waals surface area contributed by atoms with Crippen molar-refractivity contribution in [2.45, 2.75) is 6.92 Å². The van der Waals surface area contributed by atoms with Crippen LogP contribution in [0.15, 0.2) is 30.8 Å². The molecule has 0 unspecified atom stereocenters. The average Bonchev–Trinajstić information content (AvgIpc) is 2.04. The molecule has 0 bridgehead atoms. The summed E-state index contributed by atoms with van der Waals surface area (Å²) in [6.45, 7) is 5.61. The molecule has 0 N–H and O–H groups in total. The maximum Gasteiger partial charge on any atom is 1.00 e. The van der Waals surface area contributed by atoms with Gasteiger partial charge in [-0.2, -0.15) is 0 Å². The first-order valence-electron chi connectivity index (χ1n) is 3.58. The number of benzene rings is 1. The minimum absolute atomic E-state index is 0. The molecule has 1 aromatic rings. The largest absolute Gasteiger partial charge is 1.00 e. The van der Waals surface area contributed by atoms with E-state index in [1.165, 1.54) is 12.1 Å². The molecule has 0 radical (unpaired) electrons. The predicted octanol–water partition coefficient (Wildman–Crippen LogP) is -1.91. The maximum atomic E-state index is 10.3. The summed E-state index contributed by atoms with van der Waals surface area (Å²) in [7, 11) is 0. The van der Waals surface area contributed by atoms with Crippen LogP contribution in [-0.2, 0) is 0 Å². The number of allylic oxidation sites excluding steroid dienone is 1. The molecule has 0 saturated carbocycles. The van der Waals surface area contributed by atoms with Gasteiger partial charge in [-0.05, 0) is 18.1 Å². The maximum absolute atomic E-state index is 10.3. The van der Waals surface area contributed by atoms with E-state index in [0.717, 1.165) is 11.1 Å². The molecular formula is C10H9NaO2. The zero-order chi connectivity index (χ0) is 9.14. The topological polar surface area (TPSA) is 40.1 Å². The van der Waals surface area contributed by atoms with Crippen LogP contribution in [-0.4, -0.2) is 5.97 Å². The Labute approximate surface area is 99.6 Å². The van der Waals surface area contributed by atoms with E-state index in [4.69, 9.17) is 0 Å². The Morgan fingerprint density at radius 1 is 1.23 bits per heavy atom. The first-order valence-corrected chi connectivity index (χ1v) is 3.58. The number of carboxylic acid groups (broad SMARTS) is 1. The Bertz CT molecular complexity index is 281. The van der Waals surface area contributed by atoms with Crippen LogP contribution in [0.25, 0.3) is 5.57 Å². The van der Waals surface area contributed by atoms with Gasteiger partial charge in [0.2, 0.25) is 0 Å². The minimum atomic E-state index is -1.15. The Balaban J connectivity index is 0.00000144. The molecule has 62 valence electrons. The molecule has 0 saturated heterocycles. The molecule has 0 spiro atoms.